The molecule has 0 aliphatic rings. The first kappa shape index (κ1) is 27.7. The molecule has 1 aromatic rings. The molecule has 0 fully saturated rings. The van der Waals surface area contributed by atoms with Crippen LogP contribution in [0.1, 0.15) is 19.3 Å². The molecule has 15 nitrogen and oxygen atoms in total. The Labute approximate surface area is 187 Å². The summed E-state index contributed by atoms with van der Waals surface area (Å²) in [4.78, 5) is 72.7. The van der Waals surface area contributed by atoms with Crippen molar-refractivity contribution in [2.75, 3.05) is 39.5 Å². The highest BCUT2D eigenvalue weighted by molar-refractivity contribution is 5.76. The lowest BCUT2D eigenvalue weighted by Crippen LogP contribution is -2.56. The highest BCUT2D eigenvalue weighted by Crippen LogP contribution is 1.82. The van der Waals surface area contributed by atoms with Crippen molar-refractivity contribution in [1.82, 2.24) is 29.7 Å². The smallest absolute Gasteiger partial charge is 0.336 e. The summed E-state index contributed by atoms with van der Waals surface area (Å²) in [6, 6.07) is 0. The molecule has 0 aliphatic carbocycles. The van der Waals surface area contributed by atoms with Gasteiger partial charge in [-0.3, -0.25) is 14.4 Å². The Bertz CT molecular complexity index is 827. The minimum atomic E-state index is -0.946. The Balaban J connectivity index is 3.13. The van der Waals surface area contributed by atoms with Gasteiger partial charge >= 0.3 is 17.1 Å². The van der Waals surface area contributed by atoms with Gasteiger partial charge in [0.2, 0.25) is 17.7 Å². The van der Waals surface area contributed by atoms with Gasteiger partial charge in [0.05, 0.1) is 19.8 Å². The molecule has 15 heteroatoms. The van der Waals surface area contributed by atoms with E-state index < -0.39 is 34.8 Å². The maximum absolute atomic E-state index is 12.7. The first-order chi connectivity index (χ1) is 15.8. The van der Waals surface area contributed by atoms with Crippen molar-refractivity contribution in [2.45, 2.75) is 38.9 Å². The molecule has 0 radical (unpaired) electrons. The van der Waals surface area contributed by atoms with Crippen LogP contribution in [0, 0.1) is 0 Å². The fraction of sp³-hybridized carbons (Fsp3) is 0.667. The van der Waals surface area contributed by atoms with Gasteiger partial charge in [-0.15, -0.1) is 0 Å². The number of carbonyl (C=O) groups is 3. The van der Waals surface area contributed by atoms with E-state index in [0.717, 1.165) is 13.7 Å². The number of aliphatic hydroxyl groups is 3. The summed E-state index contributed by atoms with van der Waals surface area (Å²) in [5, 5.41) is 33.6. The summed E-state index contributed by atoms with van der Waals surface area (Å²) in [5.74, 6) is -1.47. The zero-order valence-corrected chi connectivity index (χ0v) is 18.1. The van der Waals surface area contributed by atoms with Gasteiger partial charge in [-0.05, 0) is 0 Å². The summed E-state index contributed by atoms with van der Waals surface area (Å²) in [6.45, 7) is -2.24. The van der Waals surface area contributed by atoms with E-state index in [1.807, 2.05) is 0 Å². The average molecular weight is 474 g/mol. The number of carbonyl (C=O) groups excluding carboxylic acids is 3. The van der Waals surface area contributed by atoms with Crippen LogP contribution in [0.5, 0.6) is 0 Å². The van der Waals surface area contributed by atoms with E-state index in [1.165, 1.54) is 0 Å². The molecule has 0 spiro atoms. The first-order valence-electron chi connectivity index (χ1n) is 10.3. The Kier molecular flexibility index (Phi) is 12.4. The number of aliphatic hydroxyl groups excluding tert-OH is 3. The quantitative estimate of drug-likeness (QED) is 0.143. The molecule has 0 unspecified atom stereocenters. The molecular formula is C18H30N6O9. The Morgan fingerprint density at radius 3 is 1.00 bits per heavy atom. The van der Waals surface area contributed by atoms with Crippen molar-refractivity contribution in [3.8, 4) is 0 Å². The van der Waals surface area contributed by atoms with Crippen LogP contribution in [0.4, 0.5) is 0 Å². The fourth-order valence-electron chi connectivity index (χ4n) is 2.75. The van der Waals surface area contributed by atoms with E-state index in [1.54, 1.807) is 0 Å². The average Bonchev–Trinajstić information content (AvgIpc) is 2.76. The second-order valence-corrected chi connectivity index (χ2v) is 6.77. The van der Waals surface area contributed by atoms with E-state index in [0.29, 0.717) is 0 Å². The molecule has 0 aliphatic heterocycles. The molecule has 6 N–H and O–H groups in total. The third kappa shape index (κ3) is 8.99. The minimum absolute atomic E-state index is 0.118. The Hall–Kier alpha value is -3.30. The number of rotatable bonds is 15. The van der Waals surface area contributed by atoms with Gasteiger partial charge in [-0.2, -0.15) is 0 Å². The summed E-state index contributed by atoms with van der Waals surface area (Å²) in [6.07, 6.45) is -0.459. The lowest BCUT2D eigenvalue weighted by molar-refractivity contribution is -0.122. The van der Waals surface area contributed by atoms with E-state index in [2.05, 4.69) is 16.0 Å². The number of hydrogen-bond acceptors (Lipinski definition) is 9. The lowest BCUT2D eigenvalue weighted by atomic mass is 10.4. The van der Waals surface area contributed by atoms with Crippen LogP contribution in [-0.2, 0) is 34.0 Å². The summed E-state index contributed by atoms with van der Waals surface area (Å²) in [7, 11) is 0. The van der Waals surface area contributed by atoms with Crippen LogP contribution < -0.4 is 33.0 Å². The highest BCUT2D eigenvalue weighted by Gasteiger charge is 2.16. The molecule has 0 aromatic carbocycles. The number of nitrogens with one attached hydrogen (secondary N) is 3. The topological polar surface area (TPSA) is 214 Å². The van der Waals surface area contributed by atoms with Crippen molar-refractivity contribution in [2.24, 2.45) is 0 Å². The Morgan fingerprint density at radius 1 is 0.545 bits per heavy atom. The fourth-order valence-corrected chi connectivity index (χ4v) is 2.75. The van der Waals surface area contributed by atoms with Crippen molar-refractivity contribution in [3.63, 3.8) is 0 Å². The third-order valence-corrected chi connectivity index (χ3v) is 4.37. The molecule has 1 rings (SSSR count). The molecule has 0 saturated heterocycles. The zero-order valence-electron chi connectivity index (χ0n) is 18.1. The zero-order chi connectivity index (χ0) is 24.8. The van der Waals surface area contributed by atoms with Crippen LogP contribution in [0.3, 0.4) is 0 Å². The minimum Gasteiger partial charge on any atom is -0.396 e. The van der Waals surface area contributed by atoms with Crippen molar-refractivity contribution in [1.29, 1.82) is 0 Å². The molecule has 33 heavy (non-hydrogen) atoms. The van der Waals surface area contributed by atoms with Gasteiger partial charge < -0.3 is 31.3 Å². The number of nitrogens with zero attached hydrogens (tertiary/aromatic N) is 3. The second-order valence-electron chi connectivity index (χ2n) is 6.77. The first-order valence-corrected chi connectivity index (χ1v) is 10.3. The van der Waals surface area contributed by atoms with Gasteiger partial charge in [0.25, 0.3) is 0 Å². The SMILES string of the molecule is O=C(CCO)NCCn1c(=O)n(CCNC(=O)CCO)c(=O)n(CCNC(=O)CCO)c1=O. The van der Waals surface area contributed by atoms with E-state index in [4.69, 9.17) is 15.3 Å². The third-order valence-electron chi connectivity index (χ3n) is 4.37. The highest BCUT2D eigenvalue weighted by atomic mass is 16.3. The predicted octanol–water partition coefficient (Wildman–Crippen LogP) is -5.33. The van der Waals surface area contributed by atoms with Gasteiger partial charge in [0.1, 0.15) is 0 Å². The van der Waals surface area contributed by atoms with Crippen LogP contribution in [-0.4, -0.2) is 86.2 Å². The maximum atomic E-state index is 12.7. The molecule has 0 bridgehead atoms. The van der Waals surface area contributed by atoms with Gasteiger partial charge in [0, 0.05) is 58.5 Å². The van der Waals surface area contributed by atoms with E-state index in [-0.39, 0.29) is 78.4 Å². The molecule has 186 valence electrons. The monoisotopic (exact) mass is 474 g/mol. The van der Waals surface area contributed by atoms with E-state index in [9.17, 15) is 28.8 Å². The summed E-state index contributed by atoms with van der Waals surface area (Å²) in [5.41, 5.74) is -2.84. The molecule has 0 atom stereocenters. The Morgan fingerprint density at radius 2 is 0.788 bits per heavy atom. The largest absolute Gasteiger partial charge is 0.396 e. The predicted molar refractivity (Wildman–Crippen MR) is 113 cm³/mol. The summed E-state index contributed by atoms with van der Waals surface area (Å²) >= 11 is 0. The normalized spacial score (nSPS) is 10.6. The van der Waals surface area contributed by atoms with Gasteiger partial charge in [0.15, 0.2) is 0 Å². The number of amides is 3. The molecule has 1 heterocycles. The van der Waals surface area contributed by atoms with E-state index >= 15 is 0 Å². The maximum Gasteiger partial charge on any atom is 0.336 e. The van der Waals surface area contributed by atoms with Gasteiger partial charge in [-0.25, -0.2) is 28.1 Å². The van der Waals surface area contributed by atoms with Gasteiger partial charge in [-0.1, -0.05) is 0 Å². The molecule has 0 saturated carbocycles. The van der Waals surface area contributed by atoms with Crippen molar-refractivity contribution >= 4 is 17.7 Å². The molecule has 3 amide bonds. The summed E-state index contributed by atoms with van der Waals surface area (Å²) < 4.78 is 2.23. The van der Waals surface area contributed by atoms with Crippen LogP contribution in [0.2, 0.25) is 0 Å². The number of hydrogen-bond donors (Lipinski definition) is 6. The molecule has 1 aromatic heterocycles. The van der Waals surface area contributed by atoms with Crippen LogP contribution in [0.15, 0.2) is 14.4 Å². The lowest BCUT2D eigenvalue weighted by Gasteiger charge is -2.15. The number of aromatic nitrogens is 3. The van der Waals surface area contributed by atoms with Crippen molar-refractivity contribution in [3.05, 3.63) is 31.5 Å². The second kappa shape index (κ2) is 14.7. The van der Waals surface area contributed by atoms with Crippen molar-refractivity contribution < 1.29 is 29.7 Å². The van der Waals surface area contributed by atoms with Crippen LogP contribution >= 0.6 is 0 Å². The molecular weight excluding hydrogens is 444 g/mol. The standard InChI is InChI=1S/C18H30N6O9/c25-10-1-13(28)19-4-7-22-16(31)23(8-5-20-14(29)2-11-26)18(33)24(17(22)32)9-6-21-15(30)3-12-27/h25-27H,1-12H2,(H,19,28)(H,20,29)(H,21,30). The van der Waals surface area contributed by atoms with Crippen LogP contribution in [0.25, 0.3) is 0 Å².